The van der Waals surface area contributed by atoms with Gasteiger partial charge in [0.2, 0.25) is 0 Å². The second-order valence-electron chi connectivity index (χ2n) is 9.53. The zero-order valence-corrected chi connectivity index (χ0v) is 17.0. The summed E-state index contributed by atoms with van der Waals surface area (Å²) >= 11 is 0. The van der Waals surface area contributed by atoms with E-state index < -0.39 is 0 Å². The Morgan fingerprint density at radius 2 is 1.93 bits per heavy atom. The van der Waals surface area contributed by atoms with Crippen LogP contribution in [0.1, 0.15) is 58.9 Å². The first-order valence-corrected chi connectivity index (χ1v) is 10.4. The van der Waals surface area contributed by atoms with Crippen molar-refractivity contribution >= 4 is 12.0 Å². The Bertz CT molecular complexity index is 724. The minimum absolute atomic E-state index is 0.0630. The van der Waals surface area contributed by atoms with Crippen LogP contribution in [0.2, 0.25) is 0 Å². The molecule has 1 aromatic carbocycles. The number of fused-ring (bicyclic) bond motifs is 5. The van der Waals surface area contributed by atoms with Crippen LogP contribution in [0.25, 0.3) is 6.08 Å². The fourth-order valence-electron chi connectivity index (χ4n) is 6.15. The molecule has 1 aliphatic carbocycles. The predicted octanol–water partition coefficient (Wildman–Crippen LogP) is 5.25. The zero-order chi connectivity index (χ0) is 19.2. The van der Waals surface area contributed by atoms with Gasteiger partial charge in [-0.05, 0) is 56.1 Å². The summed E-state index contributed by atoms with van der Waals surface area (Å²) in [4.78, 5) is 12.7. The molecule has 3 nitrogen and oxygen atoms in total. The van der Waals surface area contributed by atoms with Gasteiger partial charge in [0.1, 0.15) is 6.10 Å². The number of rotatable bonds is 4. The lowest BCUT2D eigenvalue weighted by Gasteiger charge is -2.52. The molecule has 2 aliphatic heterocycles. The SMILES string of the molecule is CC(C)[C@@H]1CC[C@]2(C)[C@H]3CC[C@](C)(O3)[C@H]2[C@@H]1OC(=O)C=Cc1ccccc1. The van der Waals surface area contributed by atoms with E-state index in [0.29, 0.717) is 23.9 Å². The van der Waals surface area contributed by atoms with Gasteiger partial charge in [-0.1, -0.05) is 51.1 Å². The third-order valence-electron chi connectivity index (χ3n) is 7.51. The number of benzene rings is 1. The van der Waals surface area contributed by atoms with Crippen LogP contribution < -0.4 is 0 Å². The van der Waals surface area contributed by atoms with Crippen molar-refractivity contribution in [2.75, 3.05) is 0 Å². The summed E-state index contributed by atoms with van der Waals surface area (Å²) < 4.78 is 12.6. The van der Waals surface area contributed by atoms with Crippen molar-refractivity contribution in [1.82, 2.24) is 0 Å². The smallest absolute Gasteiger partial charge is 0.331 e. The maximum absolute atomic E-state index is 12.7. The number of hydrogen-bond donors (Lipinski definition) is 0. The molecule has 4 rings (SSSR count). The Morgan fingerprint density at radius 3 is 2.63 bits per heavy atom. The highest BCUT2D eigenvalue weighted by Crippen LogP contribution is 2.65. The van der Waals surface area contributed by atoms with Crippen molar-refractivity contribution in [2.45, 2.75) is 71.2 Å². The van der Waals surface area contributed by atoms with Crippen LogP contribution >= 0.6 is 0 Å². The molecule has 3 heteroatoms. The Kier molecular flexibility index (Phi) is 4.70. The fourth-order valence-corrected chi connectivity index (χ4v) is 6.15. The van der Waals surface area contributed by atoms with E-state index in [-0.39, 0.29) is 23.1 Å². The van der Waals surface area contributed by atoms with E-state index in [4.69, 9.17) is 9.47 Å². The summed E-state index contributed by atoms with van der Waals surface area (Å²) in [7, 11) is 0. The number of ether oxygens (including phenoxy) is 2. The highest BCUT2D eigenvalue weighted by atomic mass is 16.6. The van der Waals surface area contributed by atoms with Crippen LogP contribution in [-0.2, 0) is 14.3 Å². The molecule has 0 aromatic heterocycles. The molecule has 0 unspecified atom stereocenters. The molecule has 0 amide bonds. The van der Waals surface area contributed by atoms with Gasteiger partial charge in [0.05, 0.1) is 11.7 Å². The summed E-state index contributed by atoms with van der Waals surface area (Å²) in [6.07, 6.45) is 8.19. The van der Waals surface area contributed by atoms with Crippen LogP contribution in [0, 0.1) is 23.2 Å². The minimum atomic E-state index is -0.231. The number of carbonyl (C=O) groups is 1. The first-order valence-electron chi connectivity index (χ1n) is 10.4. The predicted molar refractivity (Wildman–Crippen MR) is 107 cm³/mol. The first kappa shape index (κ1) is 18.7. The monoisotopic (exact) mass is 368 g/mol. The Hall–Kier alpha value is -1.61. The number of esters is 1. The maximum atomic E-state index is 12.7. The molecule has 0 N–H and O–H groups in total. The van der Waals surface area contributed by atoms with E-state index in [1.54, 1.807) is 6.08 Å². The van der Waals surface area contributed by atoms with E-state index in [1.165, 1.54) is 6.42 Å². The average Bonchev–Trinajstić information content (AvgIpc) is 3.13. The van der Waals surface area contributed by atoms with Gasteiger partial charge in [-0.3, -0.25) is 0 Å². The van der Waals surface area contributed by atoms with Crippen molar-refractivity contribution in [2.24, 2.45) is 23.2 Å². The standard InChI is InChI=1S/C24H32O3/c1-16(2)18-12-14-23(3)19-13-15-24(4,27-19)22(23)21(18)26-20(25)11-10-17-8-6-5-7-9-17/h5-11,16,18-19,21-22H,12-15H2,1-4H3/t18-,19+,21+,22-,23+,24-/m0/s1. The van der Waals surface area contributed by atoms with Crippen molar-refractivity contribution < 1.29 is 14.3 Å². The fraction of sp³-hybridized carbons (Fsp3) is 0.625. The molecule has 27 heavy (non-hydrogen) atoms. The molecular weight excluding hydrogens is 336 g/mol. The third kappa shape index (κ3) is 3.14. The van der Waals surface area contributed by atoms with Crippen LogP contribution in [0.5, 0.6) is 0 Å². The quantitative estimate of drug-likeness (QED) is 0.538. The minimum Gasteiger partial charge on any atom is -0.458 e. The Balaban J connectivity index is 1.57. The lowest BCUT2D eigenvalue weighted by atomic mass is 9.53. The van der Waals surface area contributed by atoms with Crippen molar-refractivity contribution in [3.63, 3.8) is 0 Å². The normalized spacial score (nSPS) is 40.5. The van der Waals surface area contributed by atoms with E-state index in [1.807, 2.05) is 36.4 Å². The van der Waals surface area contributed by atoms with Crippen LogP contribution in [-0.4, -0.2) is 23.8 Å². The van der Waals surface area contributed by atoms with Gasteiger partial charge in [-0.25, -0.2) is 4.79 Å². The largest absolute Gasteiger partial charge is 0.458 e. The molecule has 2 heterocycles. The van der Waals surface area contributed by atoms with Gasteiger partial charge in [-0.2, -0.15) is 0 Å². The topological polar surface area (TPSA) is 35.5 Å². The molecule has 1 saturated carbocycles. The Labute approximate surface area is 163 Å². The number of hydrogen-bond acceptors (Lipinski definition) is 3. The van der Waals surface area contributed by atoms with Crippen LogP contribution in [0.3, 0.4) is 0 Å². The molecule has 6 atom stereocenters. The van der Waals surface area contributed by atoms with Crippen molar-refractivity contribution in [3.05, 3.63) is 42.0 Å². The van der Waals surface area contributed by atoms with E-state index in [0.717, 1.165) is 24.8 Å². The molecular formula is C24H32O3. The average molecular weight is 369 g/mol. The molecule has 146 valence electrons. The highest BCUT2D eigenvalue weighted by Gasteiger charge is 2.68. The van der Waals surface area contributed by atoms with Gasteiger partial charge in [0, 0.05) is 17.4 Å². The van der Waals surface area contributed by atoms with Gasteiger partial charge >= 0.3 is 5.97 Å². The second-order valence-corrected chi connectivity index (χ2v) is 9.53. The molecule has 0 radical (unpaired) electrons. The Morgan fingerprint density at radius 1 is 1.19 bits per heavy atom. The zero-order valence-electron chi connectivity index (χ0n) is 17.0. The highest BCUT2D eigenvalue weighted by molar-refractivity contribution is 5.87. The van der Waals surface area contributed by atoms with Crippen molar-refractivity contribution in [1.29, 1.82) is 0 Å². The van der Waals surface area contributed by atoms with Crippen molar-refractivity contribution in [3.8, 4) is 0 Å². The first-order chi connectivity index (χ1) is 12.8. The summed E-state index contributed by atoms with van der Waals surface area (Å²) in [5.41, 5.74) is 0.992. The molecule has 0 spiro atoms. The van der Waals surface area contributed by atoms with Gasteiger partial charge in [-0.15, -0.1) is 0 Å². The van der Waals surface area contributed by atoms with Gasteiger partial charge in [0.25, 0.3) is 0 Å². The van der Waals surface area contributed by atoms with E-state index in [9.17, 15) is 4.79 Å². The third-order valence-corrected chi connectivity index (χ3v) is 7.51. The molecule has 3 aliphatic rings. The summed E-state index contributed by atoms with van der Waals surface area (Å²) in [6, 6.07) is 9.90. The molecule has 3 fully saturated rings. The molecule has 2 bridgehead atoms. The summed E-state index contributed by atoms with van der Waals surface area (Å²) in [6.45, 7) is 9.12. The van der Waals surface area contributed by atoms with Crippen LogP contribution in [0.4, 0.5) is 0 Å². The molecule has 1 aromatic rings. The summed E-state index contributed by atoms with van der Waals surface area (Å²) in [5.74, 6) is 0.953. The van der Waals surface area contributed by atoms with E-state index >= 15 is 0 Å². The lowest BCUT2D eigenvalue weighted by Crippen LogP contribution is -2.56. The van der Waals surface area contributed by atoms with E-state index in [2.05, 4.69) is 27.7 Å². The number of carbonyl (C=O) groups excluding carboxylic acids is 1. The molecule has 2 saturated heterocycles. The summed E-state index contributed by atoms with van der Waals surface area (Å²) in [5, 5.41) is 0. The van der Waals surface area contributed by atoms with Gasteiger partial charge < -0.3 is 9.47 Å². The lowest BCUT2D eigenvalue weighted by molar-refractivity contribution is -0.166. The van der Waals surface area contributed by atoms with Gasteiger partial charge in [0.15, 0.2) is 0 Å². The second kappa shape index (κ2) is 6.77. The maximum Gasteiger partial charge on any atom is 0.331 e. The van der Waals surface area contributed by atoms with Crippen LogP contribution in [0.15, 0.2) is 36.4 Å².